The van der Waals surface area contributed by atoms with Crippen LogP contribution >= 0.6 is 0 Å². The molecular formula is C14H15N3O. The van der Waals surface area contributed by atoms with E-state index in [1.165, 1.54) is 5.56 Å². The van der Waals surface area contributed by atoms with Crippen LogP contribution in [0.5, 0.6) is 0 Å². The Hall–Kier alpha value is -2.07. The van der Waals surface area contributed by atoms with E-state index in [4.69, 9.17) is 4.42 Å². The van der Waals surface area contributed by atoms with E-state index < -0.39 is 0 Å². The van der Waals surface area contributed by atoms with Gasteiger partial charge in [-0.3, -0.25) is 0 Å². The molecule has 0 spiro atoms. The van der Waals surface area contributed by atoms with Gasteiger partial charge in [-0.1, -0.05) is 6.07 Å². The lowest BCUT2D eigenvalue weighted by molar-refractivity contribution is 0.481. The summed E-state index contributed by atoms with van der Waals surface area (Å²) in [4.78, 5) is 7.84. The SMILES string of the molecule is Cc1ccc2nc(CNCc3ccco3)[nH]c2c1. The van der Waals surface area contributed by atoms with E-state index in [0.717, 1.165) is 22.6 Å². The zero-order chi connectivity index (χ0) is 12.4. The molecule has 2 N–H and O–H groups in total. The van der Waals surface area contributed by atoms with E-state index in [-0.39, 0.29) is 0 Å². The topological polar surface area (TPSA) is 53.9 Å². The van der Waals surface area contributed by atoms with Crippen LogP contribution in [0.3, 0.4) is 0 Å². The van der Waals surface area contributed by atoms with Crippen LogP contribution in [0.25, 0.3) is 11.0 Å². The molecular weight excluding hydrogens is 226 g/mol. The van der Waals surface area contributed by atoms with Crippen molar-refractivity contribution >= 4 is 11.0 Å². The highest BCUT2D eigenvalue weighted by Gasteiger charge is 2.02. The molecule has 3 aromatic rings. The Morgan fingerprint density at radius 3 is 3.06 bits per heavy atom. The Kier molecular flexibility index (Phi) is 2.86. The molecule has 0 bridgehead atoms. The number of benzene rings is 1. The van der Waals surface area contributed by atoms with Crippen LogP contribution in [0.1, 0.15) is 17.1 Å². The second-order valence-electron chi connectivity index (χ2n) is 4.39. The Bertz CT molecular complexity index is 640. The number of fused-ring (bicyclic) bond motifs is 1. The number of aromatic nitrogens is 2. The number of hydrogen-bond donors (Lipinski definition) is 2. The normalized spacial score (nSPS) is 11.2. The molecule has 2 heterocycles. The van der Waals surface area contributed by atoms with Crippen LogP contribution in [-0.4, -0.2) is 9.97 Å². The molecule has 1 aromatic carbocycles. The lowest BCUT2D eigenvalue weighted by Gasteiger charge is -1.98. The molecule has 2 aromatic heterocycles. The number of nitrogens with zero attached hydrogens (tertiary/aromatic N) is 1. The van der Waals surface area contributed by atoms with Crippen molar-refractivity contribution in [3.63, 3.8) is 0 Å². The summed E-state index contributed by atoms with van der Waals surface area (Å²) in [6.07, 6.45) is 1.68. The first-order chi connectivity index (χ1) is 8.81. The third-order valence-electron chi connectivity index (χ3n) is 2.86. The Morgan fingerprint density at radius 1 is 1.28 bits per heavy atom. The number of rotatable bonds is 4. The van der Waals surface area contributed by atoms with Crippen molar-refractivity contribution in [3.8, 4) is 0 Å². The van der Waals surface area contributed by atoms with Crippen molar-refractivity contribution in [2.24, 2.45) is 0 Å². The van der Waals surface area contributed by atoms with Gasteiger partial charge in [-0.15, -0.1) is 0 Å². The second-order valence-corrected chi connectivity index (χ2v) is 4.39. The van der Waals surface area contributed by atoms with Crippen LogP contribution in [0.4, 0.5) is 0 Å². The maximum atomic E-state index is 5.25. The number of hydrogen-bond acceptors (Lipinski definition) is 3. The van der Waals surface area contributed by atoms with Crippen LogP contribution in [0.15, 0.2) is 41.0 Å². The predicted octanol–water partition coefficient (Wildman–Crippen LogP) is 2.75. The predicted molar refractivity (Wildman–Crippen MR) is 70.1 cm³/mol. The Morgan fingerprint density at radius 2 is 2.22 bits per heavy atom. The number of H-pyrrole nitrogens is 1. The summed E-state index contributed by atoms with van der Waals surface area (Å²) in [6, 6.07) is 10.1. The molecule has 0 saturated carbocycles. The van der Waals surface area contributed by atoms with Gasteiger partial charge < -0.3 is 14.7 Å². The maximum Gasteiger partial charge on any atom is 0.121 e. The fourth-order valence-corrected chi connectivity index (χ4v) is 1.98. The molecule has 3 rings (SSSR count). The van der Waals surface area contributed by atoms with E-state index in [1.807, 2.05) is 18.2 Å². The van der Waals surface area contributed by atoms with Crippen LogP contribution < -0.4 is 5.32 Å². The van der Waals surface area contributed by atoms with Crippen LogP contribution in [0.2, 0.25) is 0 Å². The average molecular weight is 241 g/mol. The highest BCUT2D eigenvalue weighted by molar-refractivity contribution is 5.75. The fourth-order valence-electron chi connectivity index (χ4n) is 1.98. The van der Waals surface area contributed by atoms with Crippen molar-refractivity contribution in [1.82, 2.24) is 15.3 Å². The third-order valence-corrected chi connectivity index (χ3v) is 2.86. The summed E-state index contributed by atoms with van der Waals surface area (Å²) >= 11 is 0. The van der Waals surface area contributed by atoms with Gasteiger partial charge in [0.05, 0.1) is 30.4 Å². The number of aromatic amines is 1. The van der Waals surface area contributed by atoms with E-state index in [2.05, 4.69) is 34.3 Å². The van der Waals surface area contributed by atoms with Gasteiger partial charge in [-0.2, -0.15) is 0 Å². The molecule has 0 saturated heterocycles. The molecule has 4 nitrogen and oxygen atoms in total. The molecule has 0 aliphatic carbocycles. The molecule has 4 heteroatoms. The quantitative estimate of drug-likeness (QED) is 0.738. The first kappa shape index (κ1) is 11.0. The van der Waals surface area contributed by atoms with E-state index in [9.17, 15) is 0 Å². The smallest absolute Gasteiger partial charge is 0.121 e. The van der Waals surface area contributed by atoms with Crippen LogP contribution in [0, 0.1) is 6.92 Å². The minimum Gasteiger partial charge on any atom is -0.468 e. The fraction of sp³-hybridized carbons (Fsp3) is 0.214. The minimum atomic E-state index is 0.703. The molecule has 0 fully saturated rings. The van der Waals surface area contributed by atoms with Gasteiger partial charge in [-0.25, -0.2) is 4.98 Å². The molecule has 0 unspecified atom stereocenters. The van der Waals surface area contributed by atoms with E-state index in [1.54, 1.807) is 6.26 Å². The van der Waals surface area contributed by atoms with Crippen LogP contribution in [-0.2, 0) is 13.1 Å². The van der Waals surface area contributed by atoms with Crippen molar-refractivity contribution < 1.29 is 4.42 Å². The zero-order valence-electron chi connectivity index (χ0n) is 10.2. The summed E-state index contributed by atoms with van der Waals surface area (Å²) in [5.74, 6) is 1.88. The minimum absolute atomic E-state index is 0.703. The standard InChI is InChI=1S/C14H15N3O/c1-10-4-5-12-13(7-10)17-14(16-12)9-15-8-11-3-2-6-18-11/h2-7,15H,8-9H2,1H3,(H,16,17). The van der Waals surface area contributed by atoms with Gasteiger partial charge in [0.15, 0.2) is 0 Å². The van der Waals surface area contributed by atoms with E-state index in [0.29, 0.717) is 13.1 Å². The van der Waals surface area contributed by atoms with Crippen molar-refractivity contribution in [2.75, 3.05) is 0 Å². The monoisotopic (exact) mass is 241 g/mol. The first-order valence-electron chi connectivity index (χ1n) is 5.99. The summed E-state index contributed by atoms with van der Waals surface area (Å²) in [5.41, 5.74) is 3.33. The third kappa shape index (κ3) is 2.28. The average Bonchev–Trinajstić information content (AvgIpc) is 2.97. The maximum absolute atomic E-state index is 5.25. The summed E-state index contributed by atoms with van der Waals surface area (Å²) in [6.45, 7) is 3.49. The number of furan rings is 1. The van der Waals surface area contributed by atoms with Gasteiger partial charge >= 0.3 is 0 Å². The van der Waals surface area contributed by atoms with Crippen molar-refractivity contribution in [3.05, 3.63) is 53.7 Å². The summed E-state index contributed by atoms with van der Waals surface area (Å²) < 4.78 is 5.25. The van der Waals surface area contributed by atoms with Crippen molar-refractivity contribution in [1.29, 1.82) is 0 Å². The van der Waals surface area contributed by atoms with Gasteiger partial charge in [0.1, 0.15) is 11.6 Å². The van der Waals surface area contributed by atoms with Crippen molar-refractivity contribution in [2.45, 2.75) is 20.0 Å². The first-order valence-corrected chi connectivity index (χ1v) is 5.99. The van der Waals surface area contributed by atoms with E-state index >= 15 is 0 Å². The van der Waals surface area contributed by atoms with Gasteiger partial charge in [0.25, 0.3) is 0 Å². The summed E-state index contributed by atoms with van der Waals surface area (Å²) in [5, 5.41) is 3.29. The number of imidazole rings is 1. The molecule has 18 heavy (non-hydrogen) atoms. The molecule has 0 radical (unpaired) electrons. The number of aryl methyl sites for hydroxylation is 1. The Balaban J connectivity index is 1.67. The van der Waals surface area contributed by atoms with Gasteiger partial charge in [0, 0.05) is 0 Å². The molecule has 0 aliphatic heterocycles. The van der Waals surface area contributed by atoms with Gasteiger partial charge in [-0.05, 0) is 36.8 Å². The molecule has 92 valence electrons. The number of nitrogens with one attached hydrogen (secondary N) is 2. The highest BCUT2D eigenvalue weighted by Crippen LogP contribution is 2.13. The second kappa shape index (κ2) is 4.66. The van der Waals surface area contributed by atoms with Gasteiger partial charge in [0.2, 0.25) is 0 Å². The zero-order valence-corrected chi connectivity index (χ0v) is 10.2. The molecule has 0 aliphatic rings. The summed E-state index contributed by atoms with van der Waals surface area (Å²) in [7, 11) is 0. The molecule has 0 atom stereocenters. The lowest BCUT2D eigenvalue weighted by atomic mass is 10.2. The Labute approximate surface area is 105 Å². The molecule has 0 amide bonds. The largest absolute Gasteiger partial charge is 0.468 e. The lowest BCUT2D eigenvalue weighted by Crippen LogP contribution is -2.13. The highest BCUT2D eigenvalue weighted by atomic mass is 16.3.